The Labute approximate surface area is 174 Å². The Morgan fingerprint density at radius 1 is 1.03 bits per heavy atom. The van der Waals surface area contributed by atoms with Crippen LogP contribution in [0.5, 0.6) is 0 Å². The van der Waals surface area contributed by atoms with Gasteiger partial charge in [-0.25, -0.2) is 18.7 Å². The minimum atomic E-state index is -0.896. The van der Waals surface area contributed by atoms with Gasteiger partial charge in [0.25, 0.3) is 0 Å². The molecule has 0 radical (unpaired) electrons. The maximum absolute atomic E-state index is 13.8. The summed E-state index contributed by atoms with van der Waals surface area (Å²) >= 11 is 1.49. The number of nitrogens with zero attached hydrogens (tertiary/aromatic N) is 4. The second-order valence-electron chi connectivity index (χ2n) is 6.49. The minimum Gasteiger partial charge on any atom is -0.384 e. The van der Waals surface area contributed by atoms with E-state index in [9.17, 15) is 13.6 Å². The van der Waals surface area contributed by atoms with Gasteiger partial charge in [0.05, 0.1) is 23.9 Å². The van der Waals surface area contributed by atoms with Crippen LogP contribution in [0.4, 0.5) is 14.6 Å². The first-order valence-electron chi connectivity index (χ1n) is 8.90. The first kappa shape index (κ1) is 19.7. The molecule has 4 rings (SSSR count). The number of ketones is 1. The van der Waals surface area contributed by atoms with Crippen molar-refractivity contribution in [2.45, 2.75) is 13.3 Å². The summed E-state index contributed by atoms with van der Waals surface area (Å²) in [6.07, 6.45) is 4.30. The Bertz CT molecular complexity index is 1200. The van der Waals surface area contributed by atoms with Crippen LogP contribution >= 0.6 is 11.3 Å². The van der Waals surface area contributed by atoms with Crippen molar-refractivity contribution in [3.05, 3.63) is 76.7 Å². The number of aryl methyl sites for hydroxylation is 1. The number of pyridine rings is 1. The second-order valence-corrected chi connectivity index (χ2v) is 7.69. The number of rotatable bonds is 5. The number of carbonyl (C=O) groups excluding carboxylic acids is 1. The molecule has 3 aromatic heterocycles. The summed E-state index contributed by atoms with van der Waals surface area (Å²) in [4.78, 5) is 30.5. The van der Waals surface area contributed by atoms with Gasteiger partial charge in [0.1, 0.15) is 33.8 Å². The lowest BCUT2D eigenvalue weighted by atomic mass is 10.1. The molecule has 2 N–H and O–H groups in total. The molecule has 0 aliphatic carbocycles. The van der Waals surface area contributed by atoms with Crippen molar-refractivity contribution in [3.63, 3.8) is 0 Å². The highest BCUT2D eigenvalue weighted by atomic mass is 32.1. The molecule has 0 spiro atoms. The summed E-state index contributed by atoms with van der Waals surface area (Å²) in [5.74, 6) is -2.06. The summed E-state index contributed by atoms with van der Waals surface area (Å²) in [6, 6.07) is 6.85. The zero-order valence-electron chi connectivity index (χ0n) is 15.8. The van der Waals surface area contributed by atoms with Crippen LogP contribution in [-0.2, 0) is 6.42 Å². The summed E-state index contributed by atoms with van der Waals surface area (Å²) in [5.41, 5.74) is 7.40. The normalized spacial score (nSPS) is 10.9. The maximum Gasteiger partial charge on any atom is 0.174 e. The summed E-state index contributed by atoms with van der Waals surface area (Å²) in [7, 11) is 0. The van der Waals surface area contributed by atoms with E-state index in [1.165, 1.54) is 29.8 Å². The fourth-order valence-electron chi connectivity index (χ4n) is 2.87. The second kappa shape index (κ2) is 8.03. The SMILES string of the molecule is Cc1sc(-c2ccc(N)nc2)nc1-c1cnc(CC(=O)c2c(F)cccc2F)cn1. The average Bonchev–Trinajstić information content (AvgIpc) is 3.10. The number of thiazole rings is 1. The van der Waals surface area contributed by atoms with Gasteiger partial charge in [-0.2, -0.15) is 0 Å². The molecule has 0 aliphatic heterocycles. The van der Waals surface area contributed by atoms with Gasteiger partial charge in [-0.15, -0.1) is 11.3 Å². The molecule has 1 aromatic carbocycles. The Hall–Kier alpha value is -3.59. The van der Waals surface area contributed by atoms with E-state index in [0.717, 1.165) is 27.6 Å². The molecule has 0 saturated heterocycles. The quantitative estimate of drug-likeness (QED) is 0.482. The van der Waals surface area contributed by atoms with E-state index in [-0.39, 0.29) is 6.42 Å². The molecule has 0 bridgehead atoms. The van der Waals surface area contributed by atoms with E-state index >= 15 is 0 Å². The van der Waals surface area contributed by atoms with Crippen LogP contribution in [0.3, 0.4) is 0 Å². The van der Waals surface area contributed by atoms with Crippen LogP contribution < -0.4 is 5.73 Å². The maximum atomic E-state index is 13.8. The van der Waals surface area contributed by atoms with E-state index in [4.69, 9.17) is 5.73 Å². The zero-order chi connectivity index (χ0) is 21.3. The molecule has 0 saturated carbocycles. The smallest absolute Gasteiger partial charge is 0.174 e. The van der Waals surface area contributed by atoms with Crippen LogP contribution in [0.2, 0.25) is 0 Å². The third-order valence-corrected chi connectivity index (χ3v) is 5.38. The Morgan fingerprint density at radius 2 is 1.80 bits per heavy atom. The molecule has 4 aromatic rings. The van der Waals surface area contributed by atoms with Crippen molar-refractivity contribution >= 4 is 22.9 Å². The number of hydrogen-bond donors (Lipinski definition) is 1. The van der Waals surface area contributed by atoms with Crippen LogP contribution in [0.25, 0.3) is 22.0 Å². The number of nitrogen functional groups attached to an aromatic ring is 1. The van der Waals surface area contributed by atoms with Crippen molar-refractivity contribution in [2.75, 3.05) is 5.73 Å². The van der Waals surface area contributed by atoms with Crippen molar-refractivity contribution in [3.8, 4) is 22.0 Å². The third kappa shape index (κ3) is 3.92. The highest BCUT2D eigenvalue weighted by Crippen LogP contribution is 2.32. The van der Waals surface area contributed by atoms with Crippen LogP contribution in [0, 0.1) is 18.6 Å². The largest absolute Gasteiger partial charge is 0.384 e. The lowest BCUT2D eigenvalue weighted by molar-refractivity contribution is 0.0983. The molecule has 9 heteroatoms. The monoisotopic (exact) mass is 423 g/mol. The molecule has 0 amide bonds. The van der Waals surface area contributed by atoms with E-state index < -0.39 is 23.0 Å². The van der Waals surface area contributed by atoms with Crippen LogP contribution in [0.15, 0.2) is 48.9 Å². The molecule has 6 nitrogen and oxygen atoms in total. The molecular weight excluding hydrogens is 408 g/mol. The van der Waals surface area contributed by atoms with E-state index in [0.29, 0.717) is 22.9 Å². The topological polar surface area (TPSA) is 94.6 Å². The van der Waals surface area contributed by atoms with Gasteiger partial charge in [0.15, 0.2) is 5.78 Å². The number of nitrogens with two attached hydrogens (primary N) is 1. The lowest BCUT2D eigenvalue weighted by Crippen LogP contribution is -2.10. The molecular formula is C21H15F2N5OS. The van der Waals surface area contributed by atoms with Crippen molar-refractivity contribution in [1.29, 1.82) is 0 Å². The Kier molecular flexibility index (Phi) is 5.28. The first-order chi connectivity index (χ1) is 14.4. The predicted octanol–water partition coefficient (Wildman–Crippen LogP) is 4.26. The van der Waals surface area contributed by atoms with Gasteiger partial charge < -0.3 is 5.73 Å². The molecule has 0 atom stereocenters. The molecule has 0 unspecified atom stereocenters. The van der Waals surface area contributed by atoms with E-state index in [2.05, 4.69) is 19.9 Å². The number of benzene rings is 1. The van der Waals surface area contributed by atoms with Gasteiger partial charge in [-0.1, -0.05) is 6.07 Å². The summed E-state index contributed by atoms with van der Waals surface area (Å²) in [6.45, 7) is 1.92. The van der Waals surface area contributed by atoms with Gasteiger partial charge in [-0.05, 0) is 31.2 Å². The van der Waals surface area contributed by atoms with Gasteiger partial charge in [0.2, 0.25) is 0 Å². The lowest BCUT2D eigenvalue weighted by Gasteiger charge is -2.04. The Balaban J connectivity index is 1.55. The molecule has 3 heterocycles. The molecule has 30 heavy (non-hydrogen) atoms. The zero-order valence-corrected chi connectivity index (χ0v) is 16.6. The highest BCUT2D eigenvalue weighted by molar-refractivity contribution is 7.15. The number of anilines is 1. The van der Waals surface area contributed by atoms with Gasteiger partial charge >= 0.3 is 0 Å². The Morgan fingerprint density at radius 3 is 2.43 bits per heavy atom. The molecule has 0 fully saturated rings. The number of Topliss-reactive ketones (excluding diaryl/α,β-unsaturated/α-hetero) is 1. The minimum absolute atomic E-state index is 0.260. The standard InChI is InChI=1S/C21H15F2N5OS/c1-11-20(28-21(30-11)12-5-6-18(24)27-8-12)16-10-25-13(9-26-16)7-17(29)19-14(22)3-2-4-15(19)23/h2-6,8-10H,7H2,1H3,(H2,24,27). The van der Waals surface area contributed by atoms with Gasteiger partial charge in [0, 0.05) is 22.8 Å². The number of carbonyl (C=O) groups is 1. The van der Waals surface area contributed by atoms with Crippen molar-refractivity contribution in [1.82, 2.24) is 19.9 Å². The van der Waals surface area contributed by atoms with Crippen molar-refractivity contribution < 1.29 is 13.6 Å². The number of halogens is 2. The number of hydrogen-bond acceptors (Lipinski definition) is 7. The van der Waals surface area contributed by atoms with Crippen molar-refractivity contribution in [2.24, 2.45) is 0 Å². The van der Waals surface area contributed by atoms with E-state index in [1.807, 2.05) is 13.0 Å². The molecule has 0 aliphatic rings. The summed E-state index contributed by atoms with van der Waals surface area (Å²) < 4.78 is 27.6. The first-order valence-corrected chi connectivity index (χ1v) is 9.72. The third-order valence-electron chi connectivity index (χ3n) is 4.36. The molecule has 150 valence electrons. The summed E-state index contributed by atoms with van der Waals surface area (Å²) in [5, 5.41) is 0.770. The number of aromatic nitrogens is 4. The fourth-order valence-corrected chi connectivity index (χ4v) is 3.79. The van der Waals surface area contributed by atoms with E-state index in [1.54, 1.807) is 12.3 Å². The van der Waals surface area contributed by atoms with Crippen LogP contribution in [-0.4, -0.2) is 25.7 Å². The fraction of sp³-hybridized carbons (Fsp3) is 0.0952. The highest BCUT2D eigenvalue weighted by Gasteiger charge is 2.19. The van der Waals surface area contributed by atoms with Crippen LogP contribution in [0.1, 0.15) is 20.9 Å². The average molecular weight is 423 g/mol. The van der Waals surface area contributed by atoms with Gasteiger partial charge in [-0.3, -0.25) is 14.8 Å². The predicted molar refractivity (Wildman–Crippen MR) is 110 cm³/mol.